The molecule has 2 aliphatic rings. The van der Waals surface area contributed by atoms with E-state index in [4.69, 9.17) is 9.47 Å². The average molecular weight is 282 g/mol. The Balaban J connectivity index is 1.67. The molecule has 0 aromatic carbocycles. The van der Waals surface area contributed by atoms with Gasteiger partial charge in [-0.05, 0) is 44.4 Å². The Bertz CT molecular complexity index is 244. The van der Waals surface area contributed by atoms with Crippen molar-refractivity contribution in [3.63, 3.8) is 0 Å². The first-order valence-electron chi connectivity index (χ1n) is 9.10. The van der Waals surface area contributed by atoms with Gasteiger partial charge < -0.3 is 9.47 Å². The molecule has 2 rings (SSSR count). The first-order chi connectivity index (χ1) is 9.83. The standard InChI is InChI=1S/C18H34O2/c1-3-5-6-8-15-9-11-16(12-10-15)18-19-14-13-17(20-18)7-4-2/h15-18H,3-14H2,1-2H3/t15?,16?,17-,18-/m1/s1. The number of hydrogen-bond acceptors (Lipinski definition) is 2. The summed E-state index contributed by atoms with van der Waals surface area (Å²) in [7, 11) is 0. The van der Waals surface area contributed by atoms with Crippen LogP contribution in [0.25, 0.3) is 0 Å². The molecule has 0 spiro atoms. The zero-order valence-corrected chi connectivity index (χ0v) is 13.6. The van der Waals surface area contributed by atoms with Gasteiger partial charge in [0, 0.05) is 5.92 Å². The molecule has 0 amide bonds. The Morgan fingerprint density at radius 2 is 1.65 bits per heavy atom. The summed E-state index contributed by atoms with van der Waals surface area (Å²) in [6.07, 6.45) is 15.2. The van der Waals surface area contributed by atoms with Crippen molar-refractivity contribution in [2.24, 2.45) is 11.8 Å². The van der Waals surface area contributed by atoms with Gasteiger partial charge in [-0.15, -0.1) is 0 Å². The van der Waals surface area contributed by atoms with Crippen molar-refractivity contribution in [3.05, 3.63) is 0 Å². The fourth-order valence-electron chi connectivity index (χ4n) is 3.83. The van der Waals surface area contributed by atoms with Crippen molar-refractivity contribution in [1.82, 2.24) is 0 Å². The van der Waals surface area contributed by atoms with Crippen molar-refractivity contribution in [3.8, 4) is 0 Å². The van der Waals surface area contributed by atoms with E-state index in [1.165, 1.54) is 64.2 Å². The molecule has 2 nitrogen and oxygen atoms in total. The topological polar surface area (TPSA) is 18.5 Å². The second-order valence-corrected chi connectivity index (χ2v) is 6.85. The van der Waals surface area contributed by atoms with Crippen molar-refractivity contribution >= 4 is 0 Å². The molecule has 0 aromatic rings. The number of rotatable bonds is 7. The van der Waals surface area contributed by atoms with Crippen LogP contribution in [0, 0.1) is 11.8 Å². The number of hydrogen-bond donors (Lipinski definition) is 0. The van der Waals surface area contributed by atoms with E-state index >= 15 is 0 Å². The van der Waals surface area contributed by atoms with Crippen molar-refractivity contribution in [2.45, 2.75) is 96.9 Å². The van der Waals surface area contributed by atoms with Gasteiger partial charge in [0.25, 0.3) is 0 Å². The minimum Gasteiger partial charge on any atom is -0.352 e. The Hall–Kier alpha value is -0.0800. The third kappa shape index (κ3) is 5.04. The lowest BCUT2D eigenvalue weighted by Crippen LogP contribution is -2.38. The van der Waals surface area contributed by atoms with Crippen LogP contribution in [-0.4, -0.2) is 19.0 Å². The van der Waals surface area contributed by atoms with E-state index in [2.05, 4.69) is 13.8 Å². The van der Waals surface area contributed by atoms with Crippen molar-refractivity contribution < 1.29 is 9.47 Å². The van der Waals surface area contributed by atoms with E-state index < -0.39 is 0 Å². The second-order valence-electron chi connectivity index (χ2n) is 6.85. The highest BCUT2D eigenvalue weighted by Gasteiger charge is 2.32. The van der Waals surface area contributed by atoms with Gasteiger partial charge in [0.2, 0.25) is 0 Å². The molecule has 0 N–H and O–H groups in total. The van der Waals surface area contributed by atoms with Crippen LogP contribution < -0.4 is 0 Å². The maximum Gasteiger partial charge on any atom is 0.160 e. The highest BCUT2D eigenvalue weighted by Crippen LogP contribution is 2.36. The highest BCUT2D eigenvalue weighted by atomic mass is 16.7. The summed E-state index contributed by atoms with van der Waals surface area (Å²) in [5, 5.41) is 0. The van der Waals surface area contributed by atoms with Crippen LogP contribution in [0.4, 0.5) is 0 Å². The molecule has 2 atom stereocenters. The fourth-order valence-corrected chi connectivity index (χ4v) is 3.83. The first-order valence-corrected chi connectivity index (χ1v) is 9.10. The quantitative estimate of drug-likeness (QED) is 0.589. The molecule has 0 unspecified atom stereocenters. The molecule has 0 bridgehead atoms. The predicted molar refractivity (Wildman–Crippen MR) is 83.7 cm³/mol. The van der Waals surface area contributed by atoms with Crippen LogP contribution in [0.3, 0.4) is 0 Å². The lowest BCUT2D eigenvalue weighted by Gasteiger charge is -2.38. The summed E-state index contributed by atoms with van der Waals surface area (Å²) in [5.41, 5.74) is 0. The van der Waals surface area contributed by atoms with Crippen LogP contribution in [-0.2, 0) is 9.47 Å². The summed E-state index contributed by atoms with van der Waals surface area (Å²) in [6, 6.07) is 0. The van der Waals surface area contributed by atoms with Crippen LogP contribution >= 0.6 is 0 Å². The molecule has 1 aliphatic carbocycles. The molecule has 0 aromatic heterocycles. The summed E-state index contributed by atoms with van der Waals surface area (Å²) >= 11 is 0. The average Bonchev–Trinajstić information content (AvgIpc) is 2.49. The number of unbranched alkanes of at least 4 members (excludes halogenated alkanes) is 2. The van der Waals surface area contributed by atoms with Gasteiger partial charge in [0.15, 0.2) is 6.29 Å². The van der Waals surface area contributed by atoms with Gasteiger partial charge in [-0.25, -0.2) is 0 Å². The molecule has 1 saturated heterocycles. The molecule has 0 radical (unpaired) electrons. The Kier molecular flexibility index (Phi) is 7.37. The molecule has 118 valence electrons. The fraction of sp³-hybridized carbons (Fsp3) is 1.00. The number of ether oxygens (including phenoxy) is 2. The third-order valence-electron chi connectivity index (χ3n) is 5.15. The van der Waals surface area contributed by atoms with Gasteiger partial charge in [-0.2, -0.15) is 0 Å². The van der Waals surface area contributed by atoms with Crippen molar-refractivity contribution in [1.29, 1.82) is 0 Å². The molecule has 2 fully saturated rings. The minimum atomic E-state index is 0.108. The monoisotopic (exact) mass is 282 g/mol. The van der Waals surface area contributed by atoms with Gasteiger partial charge in [0.1, 0.15) is 0 Å². The smallest absolute Gasteiger partial charge is 0.160 e. The minimum absolute atomic E-state index is 0.108. The van der Waals surface area contributed by atoms with E-state index in [9.17, 15) is 0 Å². The van der Waals surface area contributed by atoms with Gasteiger partial charge in [-0.3, -0.25) is 0 Å². The third-order valence-corrected chi connectivity index (χ3v) is 5.15. The Labute approximate surface area is 125 Å². The van der Waals surface area contributed by atoms with E-state index in [1.807, 2.05) is 0 Å². The first kappa shape index (κ1) is 16.3. The molecular formula is C18H34O2. The molecule has 20 heavy (non-hydrogen) atoms. The van der Waals surface area contributed by atoms with E-state index in [1.54, 1.807) is 0 Å². The van der Waals surface area contributed by atoms with Crippen LogP contribution in [0.2, 0.25) is 0 Å². The molecular weight excluding hydrogens is 248 g/mol. The summed E-state index contributed by atoms with van der Waals surface area (Å²) in [5.74, 6) is 1.64. The SMILES string of the molecule is CCCCCC1CCC([C@@H]2OCC[C@@H](CCC)O2)CC1. The molecule has 2 heteroatoms. The second kappa shape index (κ2) is 9.04. The predicted octanol–water partition coefficient (Wildman–Crippen LogP) is 5.30. The zero-order chi connectivity index (χ0) is 14.2. The summed E-state index contributed by atoms with van der Waals surface area (Å²) in [6.45, 7) is 5.45. The maximum atomic E-state index is 6.18. The molecule has 1 aliphatic heterocycles. The lowest BCUT2D eigenvalue weighted by molar-refractivity contribution is -0.241. The van der Waals surface area contributed by atoms with Gasteiger partial charge >= 0.3 is 0 Å². The van der Waals surface area contributed by atoms with Gasteiger partial charge in [-0.1, -0.05) is 46.0 Å². The molecule has 1 heterocycles. The van der Waals surface area contributed by atoms with Crippen LogP contribution in [0.1, 0.15) is 84.5 Å². The Morgan fingerprint density at radius 3 is 2.35 bits per heavy atom. The lowest BCUT2D eigenvalue weighted by atomic mass is 9.79. The van der Waals surface area contributed by atoms with E-state index in [0.29, 0.717) is 12.0 Å². The van der Waals surface area contributed by atoms with Crippen LogP contribution in [0.15, 0.2) is 0 Å². The normalized spacial score (nSPS) is 35.1. The van der Waals surface area contributed by atoms with E-state index in [-0.39, 0.29) is 6.29 Å². The Morgan fingerprint density at radius 1 is 0.850 bits per heavy atom. The molecule has 1 saturated carbocycles. The van der Waals surface area contributed by atoms with Gasteiger partial charge in [0.05, 0.1) is 12.7 Å². The maximum absolute atomic E-state index is 6.18. The largest absolute Gasteiger partial charge is 0.352 e. The highest BCUT2D eigenvalue weighted by molar-refractivity contribution is 4.77. The van der Waals surface area contributed by atoms with Crippen LogP contribution in [0.5, 0.6) is 0 Å². The summed E-state index contributed by atoms with van der Waals surface area (Å²) < 4.78 is 12.1. The van der Waals surface area contributed by atoms with E-state index in [0.717, 1.165) is 18.9 Å². The zero-order valence-electron chi connectivity index (χ0n) is 13.6. The summed E-state index contributed by atoms with van der Waals surface area (Å²) in [4.78, 5) is 0. The van der Waals surface area contributed by atoms with Crippen molar-refractivity contribution in [2.75, 3.05) is 6.61 Å².